The van der Waals surface area contributed by atoms with E-state index in [0.717, 1.165) is 46.2 Å². The summed E-state index contributed by atoms with van der Waals surface area (Å²) in [5, 5.41) is 8.67. The Balaban J connectivity index is 1.86. The predicted molar refractivity (Wildman–Crippen MR) is 99.3 cm³/mol. The van der Waals surface area contributed by atoms with Gasteiger partial charge in [0, 0.05) is 16.8 Å². The number of likely N-dealkylation sites (tertiary alicyclic amines) is 1. The second kappa shape index (κ2) is 6.94. The number of piperidine rings is 1. The molecule has 5 nitrogen and oxygen atoms in total. The summed E-state index contributed by atoms with van der Waals surface area (Å²) in [5.74, 6) is 0. The molecule has 0 radical (unpaired) electrons. The molecule has 3 heterocycles. The van der Waals surface area contributed by atoms with Crippen molar-refractivity contribution in [1.82, 2.24) is 25.1 Å². The highest BCUT2D eigenvalue weighted by Gasteiger charge is 2.28. The molecule has 0 spiro atoms. The number of benzene rings is 1. The highest BCUT2D eigenvalue weighted by atomic mass is 35.5. The van der Waals surface area contributed by atoms with Crippen LogP contribution >= 0.6 is 11.6 Å². The molecule has 1 atom stereocenters. The number of nitrogens with one attached hydrogen (secondary N) is 1. The Morgan fingerprint density at radius 3 is 2.72 bits per heavy atom. The molecule has 1 aliphatic heterocycles. The summed E-state index contributed by atoms with van der Waals surface area (Å²) in [6, 6.07) is 10.0. The summed E-state index contributed by atoms with van der Waals surface area (Å²) in [4.78, 5) is 10.9. The molecule has 128 valence electrons. The molecule has 2 aromatic heterocycles. The van der Waals surface area contributed by atoms with E-state index in [1.54, 1.807) is 12.5 Å². The van der Waals surface area contributed by atoms with Gasteiger partial charge in [-0.3, -0.25) is 10.00 Å². The minimum Gasteiger partial charge on any atom is -0.298 e. The third-order valence-electron chi connectivity index (χ3n) is 4.85. The van der Waals surface area contributed by atoms with E-state index in [0.29, 0.717) is 6.04 Å². The Hall–Kier alpha value is -2.24. The van der Waals surface area contributed by atoms with E-state index in [2.05, 4.69) is 32.1 Å². The van der Waals surface area contributed by atoms with Crippen LogP contribution in [0.5, 0.6) is 0 Å². The van der Waals surface area contributed by atoms with Crippen molar-refractivity contribution in [2.45, 2.75) is 25.3 Å². The molecule has 0 amide bonds. The van der Waals surface area contributed by atoms with Crippen molar-refractivity contribution in [1.29, 1.82) is 0 Å². The van der Waals surface area contributed by atoms with Gasteiger partial charge in [-0.05, 0) is 44.6 Å². The van der Waals surface area contributed by atoms with E-state index in [4.69, 9.17) is 11.6 Å². The Morgan fingerprint density at radius 1 is 1.16 bits per heavy atom. The van der Waals surface area contributed by atoms with Crippen molar-refractivity contribution < 1.29 is 0 Å². The molecule has 0 saturated carbocycles. The maximum absolute atomic E-state index is 6.05. The number of halogens is 1. The van der Waals surface area contributed by atoms with Crippen molar-refractivity contribution in [2.24, 2.45) is 0 Å². The zero-order valence-corrected chi connectivity index (χ0v) is 14.9. The van der Waals surface area contributed by atoms with Crippen LogP contribution in [0.3, 0.4) is 0 Å². The fraction of sp³-hybridized carbons (Fsp3) is 0.316. The van der Waals surface area contributed by atoms with E-state index < -0.39 is 0 Å². The van der Waals surface area contributed by atoms with Crippen LogP contribution in [-0.2, 0) is 0 Å². The Morgan fingerprint density at radius 2 is 2.00 bits per heavy atom. The van der Waals surface area contributed by atoms with Gasteiger partial charge < -0.3 is 0 Å². The molecule has 3 aromatic rings. The average molecular weight is 354 g/mol. The third-order valence-corrected chi connectivity index (χ3v) is 5.11. The van der Waals surface area contributed by atoms with Crippen molar-refractivity contribution in [3.8, 4) is 22.5 Å². The van der Waals surface area contributed by atoms with Crippen molar-refractivity contribution in [2.75, 3.05) is 13.6 Å². The van der Waals surface area contributed by atoms with Crippen molar-refractivity contribution >= 4 is 11.6 Å². The molecule has 1 aliphatic rings. The highest BCUT2D eigenvalue weighted by molar-refractivity contribution is 6.30. The summed E-state index contributed by atoms with van der Waals surface area (Å²) < 4.78 is 0. The first-order valence-corrected chi connectivity index (χ1v) is 8.92. The van der Waals surface area contributed by atoms with Crippen molar-refractivity contribution in [3.05, 3.63) is 53.6 Å². The van der Waals surface area contributed by atoms with Crippen LogP contribution in [0.1, 0.15) is 31.0 Å². The summed E-state index contributed by atoms with van der Waals surface area (Å²) in [6.07, 6.45) is 6.95. The molecule has 1 aromatic carbocycles. The normalized spacial score (nSPS) is 18.4. The first-order valence-electron chi connectivity index (χ1n) is 8.55. The van der Waals surface area contributed by atoms with Gasteiger partial charge in [0.15, 0.2) is 0 Å². The van der Waals surface area contributed by atoms with Crippen LogP contribution in [0, 0.1) is 0 Å². The summed E-state index contributed by atoms with van der Waals surface area (Å²) in [6.45, 7) is 1.10. The molecular weight excluding hydrogens is 334 g/mol. The van der Waals surface area contributed by atoms with E-state index in [1.165, 1.54) is 12.8 Å². The van der Waals surface area contributed by atoms with Crippen LogP contribution in [0.15, 0.2) is 42.9 Å². The molecule has 1 fully saturated rings. The summed E-state index contributed by atoms with van der Waals surface area (Å²) in [7, 11) is 2.18. The SMILES string of the molecule is CN1CCCCC1c1[nH]nc(-c2ccc(Cl)cc2)c1-c1ccncn1. The zero-order chi connectivity index (χ0) is 17.2. The molecule has 0 aliphatic carbocycles. The van der Waals surface area contributed by atoms with Crippen LogP contribution in [0.4, 0.5) is 0 Å². The molecular formula is C19H20ClN5. The first kappa shape index (κ1) is 16.2. The summed E-state index contributed by atoms with van der Waals surface area (Å²) in [5.41, 5.74) is 5.01. The quantitative estimate of drug-likeness (QED) is 0.760. The Labute approximate surface area is 152 Å². The van der Waals surface area contributed by atoms with Gasteiger partial charge in [-0.2, -0.15) is 5.10 Å². The lowest BCUT2D eigenvalue weighted by atomic mass is 9.94. The van der Waals surface area contributed by atoms with Crippen LogP contribution < -0.4 is 0 Å². The molecule has 0 bridgehead atoms. The highest BCUT2D eigenvalue weighted by Crippen LogP contribution is 2.39. The zero-order valence-electron chi connectivity index (χ0n) is 14.1. The Kier molecular flexibility index (Phi) is 4.51. The molecule has 1 saturated heterocycles. The van der Waals surface area contributed by atoms with E-state index in [9.17, 15) is 0 Å². The van der Waals surface area contributed by atoms with Gasteiger partial charge >= 0.3 is 0 Å². The van der Waals surface area contributed by atoms with E-state index >= 15 is 0 Å². The lowest BCUT2D eigenvalue weighted by Crippen LogP contribution is -2.30. The fourth-order valence-corrected chi connectivity index (χ4v) is 3.68. The second-order valence-electron chi connectivity index (χ2n) is 6.45. The molecule has 4 rings (SSSR count). The molecule has 25 heavy (non-hydrogen) atoms. The number of H-pyrrole nitrogens is 1. The van der Waals surface area contributed by atoms with Gasteiger partial charge in [0.2, 0.25) is 0 Å². The Bertz CT molecular complexity index is 844. The summed E-state index contributed by atoms with van der Waals surface area (Å²) >= 11 is 6.05. The average Bonchev–Trinajstić information content (AvgIpc) is 3.08. The number of aromatic nitrogens is 4. The van der Waals surface area contributed by atoms with Gasteiger partial charge in [0.1, 0.15) is 12.0 Å². The molecule has 1 unspecified atom stereocenters. The van der Waals surface area contributed by atoms with Crippen molar-refractivity contribution in [3.63, 3.8) is 0 Å². The van der Waals surface area contributed by atoms with Crippen LogP contribution in [-0.4, -0.2) is 38.7 Å². The molecule has 6 heteroatoms. The number of hydrogen-bond acceptors (Lipinski definition) is 4. The number of rotatable bonds is 3. The van der Waals surface area contributed by atoms with Gasteiger partial charge in [0.05, 0.1) is 23.0 Å². The lowest BCUT2D eigenvalue weighted by Gasteiger charge is -2.32. The predicted octanol–water partition coefficient (Wildman–Crippen LogP) is 4.34. The first-order chi connectivity index (χ1) is 12.2. The second-order valence-corrected chi connectivity index (χ2v) is 6.89. The number of nitrogens with zero attached hydrogens (tertiary/aromatic N) is 4. The van der Waals surface area contributed by atoms with E-state index in [-0.39, 0.29) is 0 Å². The van der Waals surface area contributed by atoms with E-state index in [1.807, 2.05) is 30.3 Å². The number of hydrogen-bond donors (Lipinski definition) is 1. The molecule has 1 N–H and O–H groups in total. The van der Waals surface area contributed by atoms with Gasteiger partial charge in [-0.15, -0.1) is 0 Å². The minimum atomic E-state index is 0.326. The maximum atomic E-state index is 6.05. The fourth-order valence-electron chi connectivity index (χ4n) is 3.55. The largest absolute Gasteiger partial charge is 0.298 e. The number of aromatic amines is 1. The van der Waals surface area contributed by atoms with Gasteiger partial charge in [-0.25, -0.2) is 9.97 Å². The van der Waals surface area contributed by atoms with Crippen LogP contribution in [0.2, 0.25) is 5.02 Å². The van der Waals surface area contributed by atoms with Crippen LogP contribution in [0.25, 0.3) is 22.5 Å². The topological polar surface area (TPSA) is 57.7 Å². The lowest BCUT2D eigenvalue weighted by molar-refractivity contribution is 0.184. The standard InChI is InChI=1S/C19H20ClN5/c1-25-11-3-2-4-16(25)19-17(15-9-10-21-12-22-15)18(23-24-19)13-5-7-14(20)8-6-13/h5-10,12,16H,2-4,11H2,1H3,(H,23,24). The smallest absolute Gasteiger partial charge is 0.116 e. The third kappa shape index (κ3) is 3.17. The van der Waals surface area contributed by atoms with Gasteiger partial charge in [0.25, 0.3) is 0 Å². The monoisotopic (exact) mass is 353 g/mol. The minimum absolute atomic E-state index is 0.326. The van der Waals surface area contributed by atoms with Gasteiger partial charge in [-0.1, -0.05) is 30.2 Å². The maximum Gasteiger partial charge on any atom is 0.116 e.